The first kappa shape index (κ1) is 15.4. The van der Waals surface area contributed by atoms with Crippen LogP contribution in [-0.2, 0) is 6.42 Å². The van der Waals surface area contributed by atoms with Crippen molar-refractivity contribution < 1.29 is 14.3 Å². The van der Waals surface area contributed by atoms with Crippen LogP contribution in [0.4, 0.5) is 0 Å². The smallest absolute Gasteiger partial charge is 0.271 e. The Morgan fingerprint density at radius 2 is 1.91 bits per heavy atom. The fraction of sp³-hybridized carbons (Fsp3) is 0.412. The summed E-state index contributed by atoms with van der Waals surface area (Å²) in [5, 5.41) is 2.93. The largest absolute Gasteiger partial charge is 0.493 e. The predicted octanol–water partition coefficient (Wildman–Crippen LogP) is 2.41. The monoisotopic (exact) mass is 315 g/mol. The van der Waals surface area contributed by atoms with Crippen LogP contribution in [-0.4, -0.2) is 36.6 Å². The van der Waals surface area contributed by atoms with Crippen LogP contribution < -0.4 is 14.8 Å². The quantitative estimate of drug-likeness (QED) is 0.912. The van der Waals surface area contributed by atoms with Crippen LogP contribution in [0.2, 0.25) is 0 Å². The van der Waals surface area contributed by atoms with E-state index in [1.54, 1.807) is 14.2 Å². The van der Waals surface area contributed by atoms with Crippen molar-refractivity contribution in [2.75, 3.05) is 20.8 Å². The minimum atomic E-state index is -0.131. The van der Waals surface area contributed by atoms with Gasteiger partial charge in [-0.25, -0.2) is 4.98 Å². The maximum atomic E-state index is 12.2. The van der Waals surface area contributed by atoms with E-state index < -0.39 is 0 Å². The molecule has 2 N–H and O–H groups in total. The van der Waals surface area contributed by atoms with Gasteiger partial charge in [-0.3, -0.25) is 4.79 Å². The number of nitrogens with one attached hydrogen (secondary N) is 2. The molecule has 6 nitrogen and oxygen atoms in total. The molecule has 0 unspecified atom stereocenters. The van der Waals surface area contributed by atoms with Gasteiger partial charge >= 0.3 is 0 Å². The summed E-state index contributed by atoms with van der Waals surface area (Å²) < 4.78 is 10.6. The number of ether oxygens (including phenoxy) is 2. The molecule has 2 aromatic rings. The van der Waals surface area contributed by atoms with Gasteiger partial charge in [-0.15, -0.1) is 0 Å². The third-order valence-electron chi connectivity index (χ3n) is 4.03. The molecule has 1 aliphatic rings. The average molecular weight is 315 g/mol. The molecule has 0 atom stereocenters. The average Bonchev–Trinajstić information content (AvgIpc) is 2.90. The molecule has 23 heavy (non-hydrogen) atoms. The van der Waals surface area contributed by atoms with E-state index in [9.17, 15) is 4.79 Å². The number of amides is 1. The number of H-pyrrole nitrogens is 1. The number of fused-ring (bicyclic) bond motifs is 1. The van der Waals surface area contributed by atoms with Crippen molar-refractivity contribution in [2.45, 2.75) is 20.3 Å². The van der Waals surface area contributed by atoms with E-state index in [0.717, 1.165) is 17.7 Å². The van der Waals surface area contributed by atoms with Crippen molar-refractivity contribution in [3.8, 4) is 22.9 Å². The van der Waals surface area contributed by atoms with Crippen molar-refractivity contribution in [2.24, 2.45) is 5.41 Å². The molecular formula is C17H21N3O3. The molecule has 0 bridgehead atoms. The molecule has 0 saturated carbocycles. The number of nitrogens with zero attached hydrogens (tertiary/aromatic N) is 1. The first-order valence-corrected chi connectivity index (χ1v) is 7.53. The van der Waals surface area contributed by atoms with Gasteiger partial charge < -0.3 is 19.8 Å². The van der Waals surface area contributed by atoms with Crippen LogP contribution in [0.25, 0.3) is 11.4 Å². The van der Waals surface area contributed by atoms with Crippen LogP contribution in [0.15, 0.2) is 18.2 Å². The number of hydrogen-bond acceptors (Lipinski definition) is 4. The number of carbonyl (C=O) groups is 1. The van der Waals surface area contributed by atoms with Gasteiger partial charge in [0.25, 0.3) is 5.91 Å². The number of aromatic nitrogens is 2. The van der Waals surface area contributed by atoms with Crippen molar-refractivity contribution in [1.82, 2.24) is 15.3 Å². The van der Waals surface area contributed by atoms with Crippen LogP contribution in [0.5, 0.6) is 11.5 Å². The second-order valence-corrected chi connectivity index (χ2v) is 6.51. The lowest BCUT2D eigenvalue weighted by molar-refractivity contribution is 0.0940. The van der Waals surface area contributed by atoms with E-state index in [1.807, 2.05) is 18.2 Å². The molecule has 6 heteroatoms. The van der Waals surface area contributed by atoms with Gasteiger partial charge in [-0.05, 0) is 30.0 Å². The first-order valence-electron chi connectivity index (χ1n) is 7.53. The van der Waals surface area contributed by atoms with Gasteiger partial charge in [-0.1, -0.05) is 13.8 Å². The van der Waals surface area contributed by atoms with E-state index in [0.29, 0.717) is 29.6 Å². The lowest BCUT2D eigenvalue weighted by Gasteiger charge is -2.21. The Labute approximate surface area is 135 Å². The van der Waals surface area contributed by atoms with E-state index >= 15 is 0 Å². The molecule has 0 saturated heterocycles. The molecule has 1 amide bonds. The van der Waals surface area contributed by atoms with Crippen LogP contribution >= 0.6 is 0 Å². The fourth-order valence-electron chi connectivity index (χ4n) is 2.79. The van der Waals surface area contributed by atoms with Crippen molar-refractivity contribution in [3.05, 3.63) is 29.6 Å². The Kier molecular flexibility index (Phi) is 3.75. The molecule has 0 spiro atoms. The molecule has 1 aromatic carbocycles. The Balaban J connectivity index is 2.03. The van der Waals surface area contributed by atoms with Crippen LogP contribution in [0, 0.1) is 5.41 Å². The van der Waals surface area contributed by atoms with Gasteiger partial charge in [0.05, 0.1) is 14.2 Å². The summed E-state index contributed by atoms with van der Waals surface area (Å²) in [6.07, 6.45) is 0.765. The lowest BCUT2D eigenvalue weighted by atomic mass is 9.88. The molecule has 2 heterocycles. The zero-order chi connectivity index (χ0) is 16.6. The Morgan fingerprint density at radius 3 is 2.61 bits per heavy atom. The maximum absolute atomic E-state index is 12.2. The summed E-state index contributed by atoms with van der Waals surface area (Å²) in [7, 11) is 3.19. The number of imidazole rings is 1. The summed E-state index contributed by atoms with van der Waals surface area (Å²) in [5.74, 6) is 1.81. The van der Waals surface area contributed by atoms with Gasteiger partial charge in [-0.2, -0.15) is 0 Å². The first-order chi connectivity index (χ1) is 10.9. The predicted molar refractivity (Wildman–Crippen MR) is 86.9 cm³/mol. The van der Waals surface area contributed by atoms with Gasteiger partial charge in [0, 0.05) is 17.8 Å². The van der Waals surface area contributed by atoms with E-state index in [-0.39, 0.29) is 11.3 Å². The summed E-state index contributed by atoms with van der Waals surface area (Å²) in [5.41, 5.74) is 2.18. The molecule has 3 rings (SSSR count). The molecule has 1 aliphatic heterocycles. The van der Waals surface area contributed by atoms with Crippen LogP contribution in [0.1, 0.15) is 30.0 Å². The number of benzene rings is 1. The van der Waals surface area contributed by atoms with E-state index in [2.05, 4.69) is 29.1 Å². The van der Waals surface area contributed by atoms with Gasteiger partial charge in [0.2, 0.25) is 0 Å². The lowest BCUT2D eigenvalue weighted by Crippen LogP contribution is -2.32. The summed E-state index contributed by atoms with van der Waals surface area (Å²) >= 11 is 0. The standard InChI is InChI=1S/C17H21N3O3/c1-17(2)8-11-14(16(21)18-9-17)20-15(19-11)10-5-6-12(22-3)13(7-10)23-4/h5-7H,8-9H2,1-4H3,(H,18,21)(H,19,20). The minimum Gasteiger partial charge on any atom is -0.493 e. The molecule has 1 aromatic heterocycles. The minimum absolute atomic E-state index is 0.0116. The third kappa shape index (κ3) is 2.88. The zero-order valence-electron chi connectivity index (χ0n) is 13.8. The van der Waals surface area contributed by atoms with Gasteiger partial charge in [0.1, 0.15) is 11.5 Å². The SMILES string of the molecule is COc1ccc(-c2nc3c([nH]2)CC(C)(C)CNC3=O)cc1OC. The summed E-state index contributed by atoms with van der Waals surface area (Å²) in [6, 6.07) is 5.56. The molecule has 0 aliphatic carbocycles. The molecular weight excluding hydrogens is 294 g/mol. The highest BCUT2D eigenvalue weighted by Crippen LogP contribution is 2.33. The second kappa shape index (κ2) is 5.61. The Bertz CT molecular complexity index is 750. The summed E-state index contributed by atoms with van der Waals surface area (Å²) in [4.78, 5) is 20.0. The van der Waals surface area contributed by atoms with Gasteiger partial charge in [0.15, 0.2) is 11.5 Å². The van der Waals surface area contributed by atoms with E-state index in [4.69, 9.17) is 9.47 Å². The van der Waals surface area contributed by atoms with Crippen molar-refractivity contribution in [1.29, 1.82) is 0 Å². The number of aromatic amines is 1. The van der Waals surface area contributed by atoms with Crippen molar-refractivity contribution >= 4 is 5.91 Å². The van der Waals surface area contributed by atoms with Crippen molar-refractivity contribution in [3.63, 3.8) is 0 Å². The highest BCUT2D eigenvalue weighted by atomic mass is 16.5. The Morgan fingerprint density at radius 1 is 1.17 bits per heavy atom. The maximum Gasteiger partial charge on any atom is 0.271 e. The normalized spacial score (nSPS) is 16.3. The number of hydrogen-bond donors (Lipinski definition) is 2. The second-order valence-electron chi connectivity index (χ2n) is 6.51. The number of methoxy groups -OCH3 is 2. The molecule has 122 valence electrons. The zero-order valence-corrected chi connectivity index (χ0v) is 13.8. The topological polar surface area (TPSA) is 76.2 Å². The van der Waals surface area contributed by atoms with E-state index in [1.165, 1.54) is 0 Å². The third-order valence-corrected chi connectivity index (χ3v) is 4.03. The van der Waals surface area contributed by atoms with Crippen LogP contribution in [0.3, 0.4) is 0 Å². The highest BCUT2D eigenvalue weighted by molar-refractivity contribution is 5.94. The molecule has 0 radical (unpaired) electrons. The highest BCUT2D eigenvalue weighted by Gasteiger charge is 2.30. The summed E-state index contributed by atoms with van der Waals surface area (Å²) in [6.45, 7) is 4.89. The number of carbonyl (C=O) groups excluding carboxylic acids is 1. The molecule has 0 fully saturated rings. The number of rotatable bonds is 3. The Hall–Kier alpha value is -2.50. The fourth-order valence-corrected chi connectivity index (χ4v) is 2.79.